The quantitative estimate of drug-likeness (QED) is 0.838. The van der Waals surface area contributed by atoms with Crippen LogP contribution in [0.5, 0.6) is 0 Å². The molecule has 1 atom stereocenters. The monoisotopic (exact) mass is 271 g/mol. The van der Waals surface area contributed by atoms with Gasteiger partial charge in [0.25, 0.3) is 0 Å². The minimum Gasteiger partial charge on any atom is -0.384 e. The van der Waals surface area contributed by atoms with Crippen LogP contribution >= 0.6 is 11.3 Å². The molecule has 0 bridgehead atoms. The Balaban J connectivity index is 1.90. The van der Waals surface area contributed by atoms with Crippen LogP contribution in [0.25, 0.3) is 0 Å². The summed E-state index contributed by atoms with van der Waals surface area (Å²) in [6.45, 7) is 2.91. The van der Waals surface area contributed by atoms with Crippen molar-refractivity contribution >= 4 is 11.3 Å². The van der Waals surface area contributed by atoms with E-state index in [9.17, 15) is 0 Å². The van der Waals surface area contributed by atoms with Gasteiger partial charge in [0.15, 0.2) is 0 Å². The summed E-state index contributed by atoms with van der Waals surface area (Å²) in [7, 11) is 0. The molecule has 1 unspecified atom stereocenters. The van der Waals surface area contributed by atoms with Crippen molar-refractivity contribution in [1.82, 2.24) is 5.32 Å². The maximum Gasteiger partial charge on any atom is 0.104 e. The van der Waals surface area contributed by atoms with Crippen molar-refractivity contribution in [2.75, 3.05) is 6.61 Å². The lowest BCUT2D eigenvalue weighted by Gasteiger charge is -2.13. The number of rotatable bonds is 4. The fourth-order valence-electron chi connectivity index (χ4n) is 1.79. The van der Waals surface area contributed by atoms with E-state index in [-0.39, 0.29) is 6.61 Å². The molecular weight excluding hydrogens is 254 g/mol. The number of hydrogen-bond donors (Lipinski definition) is 2. The van der Waals surface area contributed by atoms with Gasteiger partial charge in [-0.3, -0.25) is 0 Å². The van der Waals surface area contributed by atoms with Crippen LogP contribution in [0, 0.1) is 11.8 Å². The van der Waals surface area contributed by atoms with Gasteiger partial charge in [0, 0.05) is 28.4 Å². The first-order chi connectivity index (χ1) is 9.29. The molecule has 19 heavy (non-hydrogen) atoms. The zero-order valence-corrected chi connectivity index (χ0v) is 11.7. The molecule has 2 aromatic rings. The van der Waals surface area contributed by atoms with Crippen LogP contribution in [0.4, 0.5) is 0 Å². The minimum atomic E-state index is -0.0888. The van der Waals surface area contributed by atoms with E-state index in [0.29, 0.717) is 6.04 Å². The summed E-state index contributed by atoms with van der Waals surface area (Å²) < 4.78 is 0. The van der Waals surface area contributed by atoms with Gasteiger partial charge in [-0.2, -0.15) is 0 Å². The first-order valence-electron chi connectivity index (χ1n) is 6.25. The van der Waals surface area contributed by atoms with E-state index < -0.39 is 0 Å². The van der Waals surface area contributed by atoms with Gasteiger partial charge in [0.1, 0.15) is 6.61 Å². The van der Waals surface area contributed by atoms with Crippen molar-refractivity contribution in [2.45, 2.75) is 19.5 Å². The standard InChI is InChI=1S/C16H17NOS/c1-13(15-7-3-2-4-8-15)17-11-16-10-14(12-19-16)6-5-9-18/h2-4,7-8,10,12-13,17-18H,9,11H2,1H3. The van der Waals surface area contributed by atoms with Crippen molar-refractivity contribution < 1.29 is 5.11 Å². The van der Waals surface area contributed by atoms with Crippen LogP contribution in [0.15, 0.2) is 41.8 Å². The highest BCUT2D eigenvalue weighted by Gasteiger charge is 2.04. The van der Waals surface area contributed by atoms with E-state index in [4.69, 9.17) is 5.11 Å². The highest BCUT2D eigenvalue weighted by molar-refractivity contribution is 7.10. The summed E-state index contributed by atoms with van der Waals surface area (Å²) in [6, 6.07) is 12.8. The molecule has 98 valence electrons. The lowest BCUT2D eigenvalue weighted by atomic mass is 10.1. The molecule has 2 rings (SSSR count). The van der Waals surface area contributed by atoms with E-state index in [0.717, 1.165) is 12.1 Å². The maximum absolute atomic E-state index is 8.65. The number of hydrogen-bond acceptors (Lipinski definition) is 3. The van der Waals surface area contributed by atoms with Crippen molar-refractivity contribution in [1.29, 1.82) is 0 Å². The molecule has 0 fully saturated rings. The second-order valence-corrected chi connectivity index (χ2v) is 5.27. The van der Waals surface area contributed by atoms with Gasteiger partial charge in [0.05, 0.1) is 0 Å². The first kappa shape index (κ1) is 13.8. The molecule has 1 aromatic carbocycles. The molecule has 2 N–H and O–H groups in total. The van der Waals surface area contributed by atoms with Crippen LogP contribution in [0.3, 0.4) is 0 Å². The van der Waals surface area contributed by atoms with E-state index in [1.165, 1.54) is 10.4 Å². The Hall–Kier alpha value is -1.60. The van der Waals surface area contributed by atoms with Gasteiger partial charge in [-0.1, -0.05) is 42.2 Å². The molecule has 0 aliphatic carbocycles. The van der Waals surface area contributed by atoms with Gasteiger partial charge in [-0.05, 0) is 18.6 Å². The first-order valence-corrected chi connectivity index (χ1v) is 7.13. The normalized spacial score (nSPS) is 11.7. The van der Waals surface area contributed by atoms with Gasteiger partial charge in [-0.25, -0.2) is 0 Å². The third-order valence-corrected chi connectivity index (χ3v) is 3.78. The fraction of sp³-hybridized carbons (Fsp3) is 0.250. The topological polar surface area (TPSA) is 32.3 Å². The number of benzene rings is 1. The van der Waals surface area contributed by atoms with Crippen LogP contribution in [-0.2, 0) is 6.54 Å². The van der Waals surface area contributed by atoms with Gasteiger partial charge in [0.2, 0.25) is 0 Å². The summed E-state index contributed by atoms with van der Waals surface area (Å²) in [6.07, 6.45) is 0. The van der Waals surface area contributed by atoms with Crippen LogP contribution in [-0.4, -0.2) is 11.7 Å². The second-order valence-electron chi connectivity index (χ2n) is 4.27. The van der Waals surface area contributed by atoms with E-state index in [1.807, 2.05) is 11.4 Å². The molecule has 0 radical (unpaired) electrons. The Morgan fingerprint density at radius 2 is 2.11 bits per heavy atom. The van der Waals surface area contributed by atoms with Crippen LogP contribution < -0.4 is 5.32 Å². The highest BCUT2D eigenvalue weighted by Crippen LogP contribution is 2.16. The summed E-state index contributed by atoms with van der Waals surface area (Å²) in [5.74, 6) is 5.58. The summed E-state index contributed by atoms with van der Waals surface area (Å²) in [4.78, 5) is 1.25. The number of aliphatic hydroxyl groups is 1. The zero-order valence-electron chi connectivity index (χ0n) is 10.9. The molecule has 0 aliphatic rings. The molecule has 1 aromatic heterocycles. The van der Waals surface area contributed by atoms with Gasteiger partial charge < -0.3 is 10.4 Å². The third-order valence-electron chi connectivity index (χ3n) is 2.85. The molecule has 0 saturated heterocycles. The average Bonchev–Trinajstić information content (AvgIpc) is 2.91. The van der Waals surface area contributed by atoms with Crippen LogP contribution in [0.2, 0.25) is 0 Å². The molecule has 0 aliphatic heterocycles. The predicted molar refractivity (Wildman–Crippen MR) is 80.0 cm³/mol. The lowest BCUT2D eigenvalue weighted by molar-refractivity contribution is 0.350. The Kier molecular flexibility index (Phi) is 5.17. The molecule has 1 heterocycles. The van der Waals surface area contributed by atoms with Crippen LogP contribution in [0.1, 0.15) is 29.0 Å². The molecule has 0 spiro atoms. The Labute approximate surface area is 118 Å². The maximum atomic E-state index is 8.65. The van der Waals surface area contributed by atoms with Gasteiger partial charge >= 0.3 is 0 Å². The second kappa shape index (κ2) is 7.10. The number of thiophene rings is 1. The Bertz CT molecular complexity index is 565. The smallest absolute Gasteiger partial charge is 0.104 e. The minimum absolute atomic E-state index is 0.0888. The van der Waals surface area contributed by atoms with Crippen molar-refractivity contribution in [3.63, 3.8) is 0 Å². The van der Waals surface area contributed by atoms with Gasteiger partial charge in [-0.15, -0.1) is 11.3 Å². The van der Waals surface area contributed by atoms with E-state index >= 15 is 0 Å². The fourth-order valence-corrected chi connectivity index (χ4v) is 2.56. The van der Waals surface area contributed by atoms with Crippen molar-refractivity contribution in [2.24, 2.45) is 0 Å². The van der Waals surface area contributed by atoms with Crippen molar-refractivity contribution in [3.8, 4) is 11.8 Å². The SMILES string of the molecule is CC(NCc1cc(C#CCO)cs1)c1ccccc1. The summed E-state index contributed by atoms with van der Waals surface area (Å²) in [5.41, 5.74) is 2.27. The zero-order chi connectivity index (χ0) is 13.5. The number of nitrogens with one attached hydrogen (secondary N) is 1. The predicted octanol–water partition coefficient (Wildman–Crippen LogP) is 2.94. The molecule has 0 amide bonds. The molecular formula is C16H17NOS. The van der Waals surface area contributed by atoms with E-state index in [2.05, 4.69) is 54.4 Å². The van der Waals surface area contributed by atoms with E-state index in [1.54, 1.807) is 11.3 Å². The average molecular weight is 271 g/mol. The molecule has 3 heteroatoms. The third kappa shape index (κ3) is 4.22. The molecule has 2 nitrogen and oxygen atoms in total. The highest BCUT2D eigenvalue weighted by atomic mass is 32.1. The Morgan fingerprint density at radius 3 is 2.84 bits per heavy atom. The molecule has 0 saturated carbocycles. The number of aliphatic hydroxyl groups excluding tert-OH is 1. The Morgan fingerprint density at radius 1 is 1.32 bits per heavy atom. The van der Waals surface area contributed by atoms with Crippen molar-refractivity contribution in [3.05, 3.63) is 57.8 Å². The summed E-state index contributed by atoms with van der Waals surface area (Å²) in [5, 5.41) is 14.2. The summed E-state index contributed by atoms with van der Waals surface area (Å²) >= 11 is 1.69. The lowest BCUT2D eigenvalue weighted by Crippen LogP contribution is -2.17. The largest absolute Gasteiger partial charge is 0.384 e.